The van der Waals surface area contributed by atoms with Gasteiger partial charge in [0.25, 0.3) is 6.47 Å². The number of carboxylic acid groups (broad SMARTS) is 1. The van der Waals surface area contributed by atoms with Crippen molar-refractivity contribution >= 4 is 34.5 Å². The van der Waals surface area contributed by atoms with Gasteiger partial charge in [-0.3, -0.25) is 19.6 Å². The van der Waals surface area contributed by atoms with Gasteiger partial charge in [-0.05, 0) is 25.6 Å². The van der Waals surface area contributed by atoms with E-state index in [4.69, 9.17) is 9.90 Å². The van der Waals surface area contributed by atoms with Gasteiger partial charge >= 0.3 is 0 Å². The van der Waals surface area contributed by atoms with E-state index < -0.39 is 0 Å². The maximum Gasteiger partial charge on any atom is 0.290 e. The van der Waals surface area contributed by atoms with Crippen LogP contribution in [0.25, 0.3) is 21.5 Å². The summed E-state index contributed by atoms with van der Waals surface area (Å²) in [7, 11) is 2.05. The molecular formula is C18H19N5O3S. The number of H-pyrrole nitrogens is 1. The zero-order chi connectivity index (χ0) is 19.0. The third-order valence-electron chi connectivity index (χ3n) is 5.28. The second-order valence-corrected chi connectivity index (χ2v) is 7.55. The molecule has 2 aliphatic rings. The van der Waals surface area contributed by atoms with Crippen LogP contribution in [0.4, 0.5) is 0 Å². The van der Waals surface area contributed by atoms with E-state index in [0.29, 0.717) is 11.7 Å². The van der Waals surface area contributed by atoms with Crippen LogP contribution < -0.4 is 5.32 Å². The number of aromatic amines is 1. The first kappa shape index (κ1) is 17.8. The van der Waals surface area contributed by atoms with Gasteiger partial charge in [-0.2, -0.15) is 5.10 Å². The average molecular weight is 385 g/mol. The maximum absolute atomic E-state index is 13.1. The molecule has 140 valence electrons. The Hall–Kier alpha value is -2.62. The molecule has 27 heavy (non-hydrogen) atoms. The number of fused-ring (bicyclic) bond motifs is 3. The molecule has 2 aromatic heterocycles. The second-order valence-electron chi connectivity index (χ2n) is 6.65. The summed E-state index contributed by atoms with van der Waals surface area (Å²) in [5, 5.41) is 21.5. The predicted molar refractivity (Wildman–Crippen MR) is 102 cm³/mol. The Morgan fingerprint density at radius 3 is 2.93 bits per heavy atom. The van der Waals surface area contributed by atoms with Gasteiger partial charge in [-0.25, -0.2) is 4.98 Å². The second kappa shape index (κ2) is 7.18. The smallest absolute Gasteiger partial charge is 0.290 e. The van der Waals surface area contributed by atoms with Gasteiger partial charge < -0.3 is 10.4 Å². The molecule has 0 radical (unpaired) electrons. The molecule has 0 amide bonds. The van der Waals surface area contributed by atoms with Crippen molar-refractivity contribution in [1.29, 1.82) is 0 Å². The van der Waals surface area contributed by atoms with E-state index >= 15 is 0 Å². The van der Waals surface area contributed by atoms with Gasteiger partial charge in [0.05, 0.1) is 11.6 Å². The fourth-order valence-electron chi connectivity index (χ4n) is 4.02. The van der Waals surface area contributed by atoms with Crippen molar-refractivity contribution in [3.8, 4) is 10.6 Å². The van der Waals surface area contributed by atoms with Crippen LogP contribution in [0, 0.1) is 0 Å². The molecule has 9 heteroatoms. The Labute approximate surface area is 159 Å². The number of ketones is 1. The number of thiazole rings is 1. The van der Waals surface area contributed by atoms with Crippen molar-refractivity contribution in [2.24, 2.45) is 0 Å². The van der Waals surface area contributed by atoms with Gasteiger partial charge in [-0.1, -0.05) is 6.07 Å². The first-order chi connectivity index (χ1) is 13.1. The van der Waals surface area contributed by atoms with E-state index in [1.165, 1.54) is 0 Å². The van der Waals surface area contributed by atoms with Gasteiger partial charge in [0.2, 0.25) is 5.78 Å². The van der Waals surface area contributed by atoms with E-state index in [2.05, 4.69) is 25.4 Å². The first-order valence-electron chi connectivity index (χ1n) is 8.59. The van der Waals surface area contributed by atoms with Crippen LogP contribution in [-0.4, -0.2) is 69.2 Å². The molecule has 2 aliphatic heterocycles. The standard InChI is InChI=1S/C17H17N5OS.CH2O2/c1-22-10-7-13(19-8-10)15(22)16(23)14-11-3-2-9(6-12(11)20-21-14)17-18-4-5-24-17;2-1-3/h2-6,10,13,15,19H,7-8H2,1H3,(H,20,21);1H,(H,2,3)/t10-,13+,15?;/m0./s1. The van der Waals surface area contributed by atoms with Crippen molar-refractivity contribution < 1.29 is 14.7 Å². The lowest BCUT2D eigenvalue weighted by atomic mass is 10.0. The minimum absolute atomic E-state index is 0.102. The van der Waals surface area contributed by atoms with E-state index in [1.807, 2.05) is 30.6 Å². The Morgan fingerprint density at radius 2 is 2.26 bits per heavy atom. The molecule has 0 spiro atoms. The summed E-state index contributed by atoms with van der Waals surface area (Å²) in [6.07, 6.45) is 2.84. The minimum atomic E-state index is -0.250. The summed E-state index contributed by atoms with van der Waals surface area (Å²) < 4.78 is 0. The lowest BCUT2D eigenvalue weighted by Crippen LogP contribution is -2.53. The molecule has 2 bridgehead atoms. The first-order valence-corrected chi connectivity index (χ1v) is 9.47. The summed E-state index contributed by atoms with van der Waals surface area (Å²) in [6, 6.07) is 6.59. The number of rotatable bonds is 3. The number of likely N-dealkylation sites (N-methyl/N-ethyl adjacent to an activating group) is 1. The molecule has 3 atom stereocenters. The molecule has 5 rings (SSSR count). The average Bonchev–Trinajstić information content (AvgIpc) is 3.44. The van der Waals surface area contributed by atoms with Gasteiger partial charge in [0.15, 0.2) is 0 Å². The summed E-state index contributed by atoms with van der Waals surface area (Å²) in [4.78, 5) is 28.0. The highest BCUT2D eigenvalue weighted by Gasteiger charge is 2.48. The zero-order valence-electron chi connectivity index (χ0n) is 14.6. The Morgan fingerprint density at radius 1 is 1.44 bits per heavy atom. The van der Waals surface area contributed by atoms with Crippen LogP contribution in [0.5, 0.6) is 0 Å². The molecule has 8 nitrogen and oxygen atoms in total. The van der Waals surface area contributed by atoms with Crippen molar-refractivity contribution in [2.75, 3.05) is 13.6 Å². The summed E-state index contributed by atoms with van der Waals surface area (Å²) in [5.41, 5.74) is 2.46. The fraction of sp³-hybridized carbons (Fsp3) is 0.333. The number of piperazine rings is 1. The van der Waals surface area contributed by atoms with Gasteiger partial charge in [-0.15, -0.1) is 11.3 Å². The van der Waals surface area contributed by atoms with Crippen molar-refractivity contribution in [3.63, 3.8) is 0 Å². The third kappa shape index (κ3) is 3.03. The van der Waals surface area contributed by atoms with Crippen LogP contribution in [0.1, 0.15) is 16.9 Å². The quantitative estimate of drug-likeness (QED) is 0.464. The van der Waals surface area contributed by atoms with Crippen molar-refractivity contribution in [2.45, 2.75) is 24.5 Å². The van der Waals surface area contributed by atoms with Crippen molar-refractivity contribution in [1.82, 2.24) is 25.4 Å². The third-order valence-corrected chi connectivity index (χ3v) is 6.10. The maximum atomic E-state index is 13.1. The largest absolute Gasteiger partial charge is 0.483 e. The Balaban J connectivity index is 0.000000565. The highest BCUT2D eigenvalue weighted by Crippen LogP contribution is 2.32. The Bertz CT molecular complexity index is 969. The monoisotopic (exact) mass is 385 g/mol. The highest BCUT2D eigenvalue weighted by atomic mass is 32.1. The summed E-state index contributed by atoms with van der Waals surface area (Å²) in [5.74, 6) is 0.102. The SMILES string of the molecule is CN1C(C(=O)c2n[nH]c3cc(-c4nccs4)ccc23)[C@H]2C[C@H]1CN2.O=CO. The summed E-state index contributed by atoms with van der Waals surface area (Å²) in [6.45, 7) is 0.726. The lowest BCUT2D eigenvalue weighted by molar-refractivity contribution is -0.122. The number of aromatic nitrogens is 3. The van der Waals surface area contributed by atoms with E-state index in [9.17, 15) is 4.79 Å². The Kier molecular flexibility index (Phi) is 4.73. The van der Waals surface area contributed by atoms with Crippen LogP contribution >= 0.6 is 11.3 Å². The number of nitrogens with zero attached hydrogens (tertiary/aromatic N) is 3. The molecule has 4 heterocycles. The number of nitrogens with one attached hydrogen (secondary N) is 2. The molecule has 3 N–H and O–H groups in total. The molecule has 1 unspecified atom stereocenters. The number of hydrogen-bond acceptors (Lipinski definition) is 7. The van der Waals surface area contributed by atoms with E-state index in [1.54, 1.807) is 17.5 Å². The number of carbonyl (C=O) groups excluding carboxylic acids is 1. The molecule has 2 saturated heterocycles. The van der Waals surface area contributed by atoms with Gasteiger partial charge in [0, 0.05) is 41.2 Å². The molecular weight excluding hydrogens is 366 g/mol. The lowest BCUT2D eigenvalue weighted by Gasteiger charge is -2.30. The minimum Gasteiger partial charge on any atom is -0.483 e. The number of carbonyl (C=O) groups is 2. The normalized spacial score (nSPS) is 24.0. The number of hydrogen-bond donors (Lipinski definition) is 3. The van der Waals surface area contributed by atoms with E-state index in [-0.39, 0.29) is 24.3 Å². The molecule has 1 aromatic carbocycles. The molecule has 2 fully saturated rings. The topological polar surface area (TPSA) is 111 Å². The van der Waals surface area contributed by atoms with E-state index in [0.717, 1.165) is 34.4 Å². The highest BCUT2D eigenvalue weighted by molar-refractivity contribution is 7.13. The zero-order valence-corrected chi connectivity index (χ0v) is 15.4. The van der Waals surface area contributed by atoms with Crippen LogP contribution in [0.2, 0.25) is 0 Å². The fourth-order valence-corrected chi connectivity index (χ4v) is 4.66. The number of Topliss-reactive ketones (excluding diaryl/α,β-unsaturated/α-hetero) is 1. The number of likely N-dealkylation sites (tertiary alicyclic amines) is 1. The predicted octanol–water partition coefficient (Wildman–Crippen LogP) is 1.61. The molecule has 3 aromatic rings. The van der Waals surface area contributed by atoms with Crippen LogP contribution in [-0.2, 0) is 4.79 Å². The molecule has 0 saturated carbocycles. The van der Waals surface area contributed by atoms with Crippen molar-refractivity contribution in [3.05, 3.63) is 35.5 Å². The van der Waals surface area contributed by atoms with Crippen LogP contribution in [0.3, 0.4) is 0 Å². The molecule has 0 aliphatic carbocycles. The van der Waals surface area contributed by atoms with Gasteiger partial charge in [0.1, 0.15) is 10.7 Å². The number of benzene rings is 1. The van der Waals surface area contributed by atoms with Crippen LogP contribution in [0.15, 0.2) is 29.8 Å². The summed E-state index contributed by atoms with van der Waals surface area (Å²) >= 11 is 1.60.